The van der Waals surface area contributed by atoms with E-state index < -0.39 is 0 Å². The molecule has 22 heavy (non-hydrogen) atoms. The molecule has 3 saturated carbocycles. The minimum atomic E-state index is 0.637. The van der Waals surface area contributed by atoms with Crippen molar-refractivity contribution in [2.75, 3.05) is 0 Å². The van der Waals surface area contributed by atoms with Gasteiger partial charge in [-0.1, -0.05) is 42.8 Å². The van der Waals surface area contributed by atoms with Crippen LogP contribution in [-0.4, -0.2) is 10.9 Å². The molecule has 0 aromatic heterocycles. The Morgan fingerprint density at radius 2 is 1.55 bits per heavy atom. The summed E-state index contributed by atoms with van der Waals surface area (Å²) in [6, 6.07) is 8.54. The molecule has 2 nitrogen and oxygen atoms in total. The number of benzene rings is 1. The van der Waals surface area contributed by atoms with Gasteiger partial charge in [0.15, 0.2) is 0 Å². The zero-order valence-electron chi connectivity index (χ0n) is 14.1. The third-order valence-electron chi connectivity index (χ3n) is 6.77. The maximum absolute atomic E-state index is 8.83. The second-order valence-electron chi connectivity index (χ2n) is 7.74. The average molecular weight is 299 g/mol. The Kier molecular flexibility index (Phi) is 4.29. The van der Waals surface area contributed by atoms with Crippen molar-refractivity contribution in [2.24, 2.45) is 16.0 Å². The first-order valence-corrected chi connectivity index (χ1v) is 8.88. The maximum Gasteiger partial charge on any atom is 0.0836 e. The van der Waals surface area contributed by atoms with Crippen molar-refractivity contribution in [1.82, 2.24) is 0 Å². The molecule has 120 valence electrons. The van der Waals surface area contributed by atoms with Gasteiger partial charge in [0.1, 0.15) is 0 Å². The molecule has 0 spiro atoms. The molecule has 1 aromatic rings. The van der Waals surface area contributed by atoms with Gasteiger partial charge in [-0.15, -0.1) is 0 Å². The highest BCUT2D eigenvalue weighted by Gasteiger charge is 2.46. The predicted molar refractivity (Wildman–Crippen MR) is 91.6 cm³/mol. The van der Waals surface area contributed by atoms with Crippen LogP contribution in [0.1, 0.15) is 76.3 Å². The van der Waals surface area contributed by atoms with Crippen molar-refractivity contribution < 1.29 is 5.21 Å². The van der Waals surface area contributed by atoms with Gasteiger partial charge in [0.05, 0.1) is 5.71 Å². The summed E-state index contributed by atoms with van der Waals surface area (Å²) in [7, 11) is 0. The molecule has 0 heterocycles. The number of fused-ring (bicyclic) bond motifs is 3. The number of hydrogen-bond acceptors (Lipinski definition) is 2. The molecule has 3 fully saturated rings. The molecule has 1 aromatic carbocycles. The highest BCUT2D eigenvalue weighted by Crippen LogP contribution is 2.59. The van der Waals surface area contributed by atoms with Crippen LogP contribution in [0, 0.1) is 10.8 Å². The molecule has 3 aliphatic carbocycles. The van der Waals surface area contributed by atoms with Gasteiger partial charge in [0.25, 0.3) is 0 Å². The van der Waals surface area contributed by atoms with E-state index >= 15 is 0 Å². The van der Waals surface area contributed by atoms with Crippen molar-refractivity contribution in [2.45, 2.75) is 71.6 Å². The molecular weight excluding hydrogens is 270 g/mol. The Morgan fingerprint density at radius 1 is 1.00 bits per heavy atom. The molecule has 2 bridgehead atoms. The van der Waals surface area contributed by atoms with E-state index in [-0.39, 0.29) is 0 Å². The van der Waals surface area contributed by atoms with Gasteiger partial charge in [0, 0.05) is 0 Å². The Hall–Kier alpha value is -1.31. The Bertz CT molecular complexity index is 519. The summed E-state index contributed by atoms with van der Waals surface area (Å²) in [6.07, 6.45) is 12.7. The van der Waals surface area contributed by atoms with E-state index in [1.54, 1.807) is 0 Å². The van der Waals surface area contributed by atoms with E-state index in [1.165, 1.54) is 63.4 Å². The molecule has 0 amide bonds. The highest BCUT2D eigenvalue weighted by molar-refractivity contribution is 5.98. The predicted octanol–water partition coefficient (Wildman–Crippen LogP) is 5.57. The van der Waals surface area contributed by atoms with Crippen LogP contribution < -0.4 is 0 Å². The van der Waals surface area contributed by atoms with Gasteiger partial charge in [-0.25, -0.2) is 0 Å². The van der Waals surface area contributed by atoms with E-state index in [9.17, 15) is 0 Å². The Morgan fingerprint density at radius 3 is 2.05 bits per heavy atom. The second-order valence-corrected chi connectivity index (χ2v) is 7.74. The van der Waals surface area contributed by atoms with Crippen LogP contribution in [0.15, 0.2) is 29.4 Å². The summed E-state index contributed by atoms with van der Waals surface area (Å²) in [5.41, 5.74) is 4.46. The first-order chi connectivity index (χ1) is 10.6. The molecule has 0 radical (unpaired) electrons. The topological polar surface area (TPSA) is 32.6 Å². The van der Waals surface area contributed by atoms with Crippen LogP contribution in [-0.2, 0) is 6.42 Å². The third-order valence-corrected chi connectivity index (χ3v) is 6.77. The molecular formula is C20H29NO. The maximum atomic E-state index is 8.83. The smallest absolute Gasteiger partial charge is 0.0836 e. The molecule has 0 aliphatic heterocycles. The quantitative estimate of drug-likeness (QED) is 0.430. The Balaban J connectivity index is 1.59. The number of nitrogens with zero attached hydrogens (tertiary/aromatic N) is 1. The summed E-state index contributed by atoms with van der Waals surface area (Å²) in [5.74, 6) is 0. The van der Waals surface area contributed by atoms with Gasteiger partial charge in [-0.3, -0.25) is 0 Å². The number of oxime groups is 1. The summed E-state index contributed by atoms with van der Waals surface area (Å²) in [5, 5.41) is 12.1. The van der Waals surface area contributed by atoms with Gasteiger partial charge < -0.3 is 5.21 Å². The van der Waals surface area contributed by atoms with Crippen molar-refractivity contribution >= 4 is 5.71 Å². The van der Waals surface area contributed by atoms with Crippen LogP contribution in [0.25, 0.3) is 0 Å². The van der Waals surface area contributed by atoms with Crippen LogP contribution in [0.3, 0.4) is 0 Å². The standard InChI is InChI=1S/C20H29NO/c1-3-19-10-13-20(14-11-19,15-12-19)9-8-17-4-6-18(7-5-17)16(2)21-22/h4-7,22H,3,8-15H2,1-2H3. The SMILES string of the molecule is CCC12CCC(CCc3ccc(C(C)=NO)cc3)(CC1)CC2. The van der Waals surface area contributed by atoms with E-state index in [4.69, 9.17) is 5.21 Å². The largest absolute Gasteiger partial charge is 0.411 e. The molecule has 2 heteroatoms. The van der Waals surface area contributed by atoms with Crippen molar-refractivity contribution in [3.8, 4) is 0 Å². The fraction of sp³-hybridized carbons (Fsp3) is 0.650. The van der Waals surface area contributed by atoms with Gasteiger partial charge in [0.2, 0.25) is 0 Å². The average Bonchev–Trinajstić information content (AvgIpc) is 2.61. The molecule has 0 unspecified atom stereocenters. The Labute approximate surface area is 134 Å². The summed E-state index contributed by atoms with van der Waals surface area (Å²) in [6.45, 7) is 4.22. The summed E-state index contributed by atoms with van der Waals surface area (Å²) < 4.78 is 0. The van der Waals surface area contributed by atoms with Crippen molar-refractivity contribution in [3.05, 3.63) is 35.4 Å². The number of rotatable bonds is 5. The number of hydrogen-bond donors (Lipinski definition) is 1. The normalized spacial score (nSPS) is 31.5. The third kappa shape index (κ3) is 2.93. The van der Waals surface area contributed by atoms with Crippen LogP contribution in [0.2, 0.25) is 0 Å². The molecule has 3 aliphatic rings. The lowest BCUT2D eigenvalue weighted by Gasteiger charge is -2.53. The first-order valence-electron chi connectivity index (χ1n) is 8.88. The van der Waals surface area contributed by atoms with Gasteiger partial charge >= 0.3 is 0 Å². The van der Waals surface area contributed by atoms with Crippen LogP contribution in [0.4, 0.5) is 0 Å². The first kappa shape index (κ1) is 15.6. The van der Waals surface area contributed by atoms with Gasteiger partial charge in [-0.05, 0) is 80.2 Å². The molecule has 0 saturated heterocycles. The van der Waals surface area contributed by atoms with Crippen molar-refractivity contribution in [3.63, 3.8) is 0 Å². The fourth-order valence-corrected chi connectivity index (χ4v) is 4.63. The lowest BCUT2D eigenvalue weighted by atomic mass is 9.52. The zero-order valence-corrected chi connectivity index (χ0v) is 14.1. The highest BCUT2D eigenvalue weighted by atomic mass is 16.4. The van der Waals surface area contributed by atoms with Crippen molar-refractivity contribution in [1.29, 1.82) is 0 Å². The summed E-state index contributed by atoms with van der Waals surface area (Å²) >= 11 is 0. The number of aryl methyl sites for hydroxylation is 1. The van der Waals surface area contributed by atoms with Gasteiger partial charge in [-0.2, -0.15) is 0 Å². The molecule has 4 rings (SSSR count). The molecule has 1 N–H and O–H groups in total. The van der Waals surface area contributed by atoms with E-state index in [0.29, 0.717) is 16.5 Å². The minimum absolute atomic E-state index is 0.637. The monoisotopic (exact) mass is 299 g/mol. The fourth-order valence-electron chi connectivity index (χ4n) is 4.63. The van der Waals surface area contributed by atoms with Crippen LogP contribution in [0.5, 0.6) is 0 Å². The zero-order chi connectivity index (χ0) is 15.6. The minimum Gasteiger partial charge on any atom is -0.411 e. The van der Waals surface area contributed by atoms with E-state index in [0.717, 1.165) is 5.56 Å². The van der Waals surface area contributed by atoms with Crippen LogP contribution >= 0.6 is 0 Å². The second kappa shape index (κ2) is 6.06. The lowest BCUT2D eigenvalue weighted by Crippen LogP contribution is -2.41. The van der Waals surface area contributed by atoms with E-state index in [2.05, 4.69) is 36.3 Å². The summed E-state index contributed by atoms with van der Waals surface area (Å²) in [4.78, 5) is 0. The van der Waals surface area contributed by atoms with E-state index in [1.807, 2.05) is 6.92 Å². The lowest BCUT2D eigenvalue weighted by molar-refractivity contribution is -0.0162. The molecule has 0 atom stereocenters.